The molecule has 0 aliphatic heterocycles. The summed E-state index contributed by atoms with van der Waals surface area (Å²) in [4.78, 5) is 12.1. The standard InChI is InChI=1S/C18H13N3O/c1-13-5-7-17(8-6-13)21-18(22)16(12-20)10-14-3-2-4-15(9-14)11-19/h2-10H,1H3,(H,21,22)/b16-10+. The summed E-state index contributed by atoms with van der Waals surface area (Å²) >= 11 is 0. The van der Waals surface area contributed by atoms with E-state index in [1.165, 1.54) is 6.08 Å². The van der Waals surface area contributed by atoms with E-state index in [0.29, 0.717) is 16.8 Å². The smallest absolute Gasteiger partial charge is 0.266 e. The Morgan fingerprint density at radius 1 is 1.14 bits per heavy atom. The molecule has 2 aromatic rings. The zero-order chi connectivity index (χ0) is 15.9. The minimum absolute atomic E-state index is 0.0179. The summed E-state index contributed by atoms with van der Waals surface area (Å²) in [5.41, 5.74) is 2.81. The number of amides is 1. The Labute approximate surface area is 128 Å². The van der Waals surface area contributed by atoms with Gasteiger partial charge < -0.3 is 5.32 Å². The summed E-state index contributed by atoms with van der Waals surface area (Å²) in [5.74, 6) is -0.478. The van der Waals surface area contributed by atoms with Gasteiger partial charge in [-0.2, -0.15) is 10.5 Å². The second-order valence-corrected chi connectivity index (χ2v) is 4.73. The second kappa shape index (κ2) is 6.88. The highest BCUT2D eigenvalue weighted by Gasteiger charge is 2.09. The first-order valence-corrected chi connectivity index (χ1v) is 6.62. The summed E-state index contributed by atoms with van der Waals surface area (Å²) in [6, 6.07) is 17.9. The van der Waals surface area contributed by atoms with Crippen LogP contribution in [0.2, 0.25) is 0 Å². The molecule has 0 spiro atoms. The van der Waals surface area contributed by atoms with E-state index in [9.17, 15) is 4.79 Å². The average molecular weight is 287 g/mol. The number of aryl methyl sites for hydroxylation is 1. The van der Waals surface area contributed by atoms with Crippen molar-refractivity contribution in [1.82, 2.24) is 0 Å². The van der Waals surface area contributed by atoms with Gasteiger partial charge in [-0.3, -0.25) is 4.79 Å². The molecule has 0 atom stereocenters. The van der Waals surface area contributed by atoms with Crippen LogP contribution in [0.1, 0.15) is 16.7 Å². The van der Waals surface area contributed by atoms with Crippen molar-refractivity contribution in [1.29, 1.82) is 10.5 Å². The highest BCUT2D eigenvalue weighted by atomic mass is 16.1. The van der Waals surface area contributed by atoms with Gasteiger partial charge in [0.25, 0.3) is 5.91 Å². The van der Waals surface area contributed by atoms with Crippen molar-refractivity contribution < 1.29 is 4.79 Å². The molecule has 4 nitrogen and oxygen atoms in total. The van der Waals surface area contributed by atoms with E-state index in [1.807, 2.05) is 31.2 Å². The largest absolute Gasteiger partial charge is 0.321 e. The van der Waals surface area contributed by atoms with Crippen molar-refractivity contribution in [3.8, 4) is 12.1 Å². The molecule has 1 amide bonds. The van der Waals surface area contributed by atoms with Gasteiger partial charge in [0.1, 0.15) is 11.6 Å². The van der Waals surface area contributed by atoms with Gasteiger partial charge >= 0.3 is 0 Å². The third-order valence-electron chi connectivity index (χ3n) is 3.00. The van der Waals surface area contributed by atoms with Gasteiger partial charge in [-0.1, -0.05) is 29.8 Å². The number of anilines is 1. The van der Waals surface area contributed by atoms with Crippen molar-refractivity contribution in [3.05, 3.63) is 70.8 Å². The van der Waals surface area contributed by atoms with Crippen molar-refractivity contribution in [2.24, 2.45) is 0 Å². The maximum atomic E-state index is 12.1. The highest BCUT2D eigenvalue weighted by Crippen LogP contribution is 2.13. The molecular formula is C18H13N3O. The van der Waals surface area contributed by atoms with Gasteiger partial charge in [-0.15, -0.1) is 0 Å². The second-order valence-electron chi connectivity index (χ2n) is 4.73. The Kier molecular flexibility index (Phi) is 4.70. The lowest BCUT2D eigenvalue weighted by Crippen LogP contribution is -2.13. The number of nitrogens with one attached hydrogen (secondary N) is 1. The number of nitrogens with zero attached hydrogens (tertiary/aromatic N) is 2. The fourth-order valence-electron chi connectivity index (χ4n) is 1.85. The molecule has 0 unspecified atom stereocenters. The van der Waals surface area contributed by atoms with Gasteiger partial charge in [0.15, 0.2) is 0 Å². The molecule has 4 heteroatoms. The fourth-order valence-corrected chi connectivity index (χ4v) is 1.85. The molecule has 0 aliphatic carbocycles. The fraction of sp³-hybridized carbons (Fsp3) is 0.0556. The highest BCUT2D eigenvalue weighted by molar-refractivity contribution is 6.09. The van der Waals surface area contributed by atoms with Crippen LogP contribution in [0.15, 0.2) is 54.1 Å². The topological polar surface area (TPSA) is 76.7 Å². The van der Waals surface area contributed by atoms with Gasteiger partial charge in [0.05, 0.1) is 11.6 Å². The van der Waals surface area contributed by atoms with Gasteiger partial charge in [-0.05, 0) is 42.8 Å². The molecule has 1 N–H and O–H groups in total. The summed E-state index contributed by atoms with van der Waals surface area (Å²) in [6.07, 6.45) is 1.46. The number of hydrogen-bond donors (Lipinski definition) is 1. The van der Waals surface area contributed by atoms with Crippen LogP contribution in [0.3, 0.4) is 0 Å². The van der Waals surface area contributed by atoms with Crippen LogP contribution in [0.4, 0.5) is 5.69 Å². The van der Waals surface area contributed by atoms with E-state index in [0.717, 1.165) is 5.56 Å². The summed E-state index contributed by atoms with van der Waals surface area (Å²) in [5, 5.41) is 20.7. The summed E-state index contributed by atoms with van der Waals surface area (Å²) in [7, 11) is 0. The third-order valence-corrected chi connectivity index (χ3v) is 3.00. The molecule has 0 fully saturated rings. The first-order valence-electron chi connectivity index (χ1n) is 6.62. The van der Waals surface area contributed by atoms with Crippen LogP contribution in [-0.2, 0) is 4.79 Å². The van der Waals surface area contributed by atoms with Crippen LogP contribution in [-0.4, -0.2) is 5.91 Å². The van der Waals surface area contributed by atoms with Crippen LogP contribution in [0, 0.1) is 29.6 Å². The molecule has 0 heterocycles. The van der Waals surface area contributed by atoms with Crippen molar-refractivity contribution in [3.63, 3.8) is 0 Å². The molecule has 0 radical (unpaired) electrons. The molecule has 0 bridgehead atoms. The predicted octanol–water partition coefficient (Wildman–Crippen LogP) is 3.41. The molecular weight excluding hydrogens is 274 g/mol. The number of carbonyl (C=O) groups is 1. The molecule has 0 saturated carbocycles. The Morgan fingerprint density at radius 3 is 2.50 bits per heavy atom. The Balaban J connectivity index is 2.22. The molecule has 0 aliphatic rings. The van der Waals surface area contributed by atoms with Crippen LogP contribution >= 0.6 is 0 Å². The van der Waals surface area contributed by atoms with E-state index < -0.39 is 5.91 Å². The molecule has 22 heavy (non-hydrogen) atoms. The van der Waals surface area contributed by atoms with Crippen molar-refractivity contribution >= 4 is 17.7 Å². The average Bonchev–Trinajstić information content (AvgIpc) is 2.54. The van der Waals surface area contributed by atoms with E-state index in [1.54, 1.807) is 36.4 Å². The van der Waals surface area contributed by atoms with E-state index in [4.69, 9.17) is 10.5 Å². The zero-order valence-electron chi connectivity index (χ0n) is 12.0. The lowest BCUT2D eigenvalue weighted by Gasteiger charge is -2.04. The summed E-state index contributed by atoms with van der Waals surface area (Å²) < 4.78 is 0. The molecule has 0 aromatic heterocycles. The molecule has 2 aromatic carbocycles. The third kappa shape index (κ3) is 3.82. The predicted molar refractivity (Wildman–Crippen MR) is 84.6 cm³/mol. The number of rotatable bonds is 3. The number of nitriles is 2. The molecule has 106 valence electrons. The van der Waals surface area contributed by atoms with Crippen LogP contribution < -0.4 is 5.32 Å². The Bertz CT molecular complexity index is 805. The van der Waals surface area contributed by atoms with Gasteiger partial charge in [0, 0.05) is 5.69 Å². The lowest BCUT2D eigenvalue weighted by molar-refractivity contribution is -0.112. The molecule has 2 rings (SSSR count). The summed E-state index contributed by atoms with van der Waals surface area (Å²) in [6.45, 7) is 1.95. The number of hydrogen-bond acceptors (Lipinski definition) is 3. The number of carbonyl (C=O) groups excluding carboxylic acids is 1. The van der Waals surface area contributed by atoms with Crippen LogP contribution in [0.5, 0.6) is 0 Å². The van der Waals surface area contributed by atoms with Crippen molar-refractivity contribution in [2.45, 2.75) is 6.92 Å². The van der Waals surface area contributed by atoms with E-state index in [-0.39, 0.29) is 5.57 Å². The van der Waals surface area contributed by atoms with Crippen LogP contribution in [0.25, 0.3) is 6.08 Å². The normalized spacial score (nSPS) is 10.4. The lowest BCUT2D eigenvalue weighted by atomic mass is 10.1. The number of benzene rings is 2. The Morgan fingerprint density at radius 2 is 1.86 bits per heavy atom. The first kappa shape index (κ1) is 15.0. The minimum atomic E-state index is -0.478. The van der Waals surface area contributed by atoms with Crippen molar-refractivity contribution in [2.75, 3.05) is 5.32 Å². The maximum Gasteiger partial charge on any atom is 0.266 e. The van der Waals surface area contributed by atoms with Gasteiger partial charge in [-0.25, -0.2) is 0 Å². The first-order chi connectivity index (χ1) is 10.6. The van der Waals surface area contributed by atoms with Gasteiger partial charge in [0.2, 0.25) is 0 Å². The minimum Gasteiger partial charge on any atom is -0.321 e. The SMILES string of the molecule is Cc1ccc(NC(=O)/C(C#N)=C/c2cccc(C#N)c2)cc1. The quantitative estimate of drug-likeness (QED) is 0.694. The zero-order valence-corrected chi connectivity index (χ0v) is 12.0. The van der Waals surface area contributed by atoms with E-state index >= 15 is 0 Å². The molecule has 0 saturated heterocycles. The maximum absolute atomic E-state index is 12.1. The monoisotopic (exact) mass is 287 g/mol. The Hall–Kier alpha value is -3.37. The van der Waals surface area contributed by atoms with E-state index in [2.05, 4.69) is 5.32 Å².